The Morgan fingerprint density at radius 1 is 1.31 bits per heavy atom. The van der Waals surface area contributed by atoms with Crippen LogP contribution in [0.15, 0.2) is 39.4 Å². The lowest BCUT2D eigenvalue weighted by Gasteiger charge is -2.41. The number of thioether (sulfide) groups is 1. The van der Waals surface area contributed by atoms with Crippen molar-refractivity contribution >= 4 is 50.6 Å². The molecule has 154 valence electrons. The summed E-state index contributed by atoms with van der Waals surface area (Å²) in [5.41, 5.74) is -0.299. The Labute approximate surface area is 186 Å². The van der Waals surface area contributed by atoms with Crippen LogP contribution in [0.3, 0.4) is 0 Å². The van der Waals surface area contributed by atoms with Crippen LogP contribution in [0.25, 0.3) is 10.7 Å². The topological polar surface area (TPSA) is 126 Å². The van der Waals surface area contributed by atoms with Gasteiger partial charge in [0.2, 0.25) is 0 Å². The Hall–Kier alpha value is -1.12. The summed E-state index contributed by atoms with van der Waals surface area (Å²) in [5.74, 6) is 0. The number of hydrogen-bond donors (Lipinski definition) is 3. The summed E-state index contributed by atoms with van der Waals surface area (Å²) in [4.78, 5) is 9.00. The van der Waals surface area contributed by atoms with Crippen molar-refractivity contribution in [3.63, 3.8) is 0 Å². The molecule has 1 aliphatic heterocycles. The predicted molar refractivity (Wildman–Crippen MR) is 111 cm³/mol. The molecule has 0 amide bonds. The third-order valence-corrected chi connectivity index (χ3v) is 7.03. The van der Waals surface area contributed by atoms with Gasteiger partial charge in [0, 0.05) is 27.1 Å². The zero-order chi connectivity index (χ0) is 20.5. The molecule has 5 atom stereocenters. The molecule has 29 heavy (non-hydrogen) atoms. The van der Waals surface area contributed by atoms with Gasteiger partial charge in [0.25, 0.3) is 0 Å². The molecule has 0 bridgehead atoms. The van der Waals surface area contributed by atoms with Gasteiger partial charge in [-0.3, -0.25) is 4.98 Å². The first-order valence-corrected chi connectivity index (χ1v) is 11.3. The van der Waals surface area contributed by atoms with E-state index < -0.39 is 36.4 Å². The van der Waals surface area contributed by atoms with Crippen LogP contribution in [0.1, 0.15) is 6.04 Å². The van der Waals surface area contributed by atoms with Gasteiger partial charge >= 0.3 is 0 Å². The molecule has 0 spiro atoms. The van der Waals surface area contributed by atoms with E-state index >= 15 is 0 Å². The normalized spacial score (nSPS) is 27.3. The number of aliphatic hydroxyl groups is 3. The lowest BCUT2D eigenvalue weighted by Crippen LogP contribution is -2.55. The van der Waals surface area contributed by atoms with E-state index in [-0.39, 0.29) is 0 Å². The molecule has 4 heterocycles. The summed E-state index contributed by atoms with van der Waals surface area (Å²) in [7, 11) is 0. The maximum absolute atomic E-state index is 10.9. The Morgan fingerprint density at radius 3 is 2.83 bits per heavy atom. The molecule has 9 nitrogen and oxygen atoms in total. The molecule has 1 fully saturated rings. The van der Waals surface area contributed by atoms with E-state index in [0.717, 1.165) is 9.37 Å². The van der Waals surface area contributed by atoms with Crippen LogP contribution >= 0.6 is 50.6 Å². The zero-order valence-electron chi connectivity index (χ0n) is 14.5. The highest BCUT2D eigenvalue weighted by Gasteiger charge is 2.46. The average Bonchev–Trinajstić information content (AvgIpc) is 3.33. The molecule has 0 aromatic carbocycles. The Balaban J connectivity index is 1.61. The van der Waals surface area contributed by atoms with Crippen LogP contribution in [0, 0.1) is 0 Å². The average molecular weight is 521 g/mol. The van der Waals surface area contributed by atoms with E-state index in [4.69, 9.17) is 16.3 Å². The molecule has 13 heteroatoms. The molecule has 2 unspecified atom stereocenters. The molecule has 3 aromatic heterocycles. The lowest BCUT2D eigenvalue weighted by molar-refractivity contribution is -0.178. The first kappa shape index (κ1) is 21.1. The standard InChI is InChI=1S/C16H15BrClN5O4S2/c17-7-1-8(3-19-2-7)29-16-14(26)12(13(25)10(5-24)27-16)23-4-9(21-22-23)15-20-11(18)6-28-15/h1-4,6,10,12-14,16,24-26H,5H2/t10?,12-,13-,14?,16+/m0/s1. The predicted octanol–water partition coefficient (Wildman–Crippen LogP) is 1.98. The summed E-state index contributed by atoms with van der Waals surface area (Å²) in [5, 5.41) is 42.0. The van der Waals surface area contributed by atoms with Gasteiger partial charge in [-0.05, 0) is 22.0 Å². The van der Waals surface area contributed by atoms with Crippen molar-refractivity contribution in [3.8, 4) is 10.7 Å². The van der Waals surface area contributed by atoms with Crippen LogP contribution in [0.5, 0.6) is 0 Å². The molecule has 3 N–H and O–H groups in total. The van der Waals surface area contributed by atoms with Gasteiger partial charge in [0.1, 0.15) is 45.6 Å². The molecule has 0 radical (unpaired) electrons. The Bertz CT molecular complexity index is 992. The monoisotopic (exact) mass is 519 g/mol. The highest BCUT2D eigenvalue weighted by molar-refractivity contribution is 9.10. The third-order valence-electron chi connectivity index (χ3n) is 4.29. The molecule has 4 rings (SSSR count). The van der Waals surface area contributed by atoms with E-state index in [1.54, 1.807) is 24.0 Å². The lowest BCUT2D eigenvalue weighted by atomic mass is 9.97. The molecular weight excluding hydrogens is 506 g/mol. The second-order valence-corrected chi connectivity index (χ2v) is 9.55. The largest absolute Gasteiger partial charge is 0.394 e. The highest BCUT2D eigenvalue weighted by Crippen LogP contribution is 2.38. The van der Waals surface area contributed by atoms with E-state index in [1.165, 1.54) is 27.8 Å². The second kappa shape index (κ2) is 8.94. The summed E-state index contributed by atoms with van der Waals surface area (Å²) in [6.45, 7) is -0.415. The molecular formula is C16H15BrClN5O4S2. The number of ether oxygens (including phenoxy) is 1. The van der Waals surface area contributed by atoms with E-state index in [2.05, 4.69) is 36.2 Å². The number of thiazole rings is 1. The number of nitrogens with zero attached hydrogens (tertiary/aromatic N) is 5. The molecule has 3 aromatic rings. The van der Waals surface area contributed by atoms with Crippen LogP contribution in [-0.4, -0.2) is 70.6 Å². The maximum Gasteiger partial charge on any atom is 0.147 e. The highest BCUT2D eigenvalue weighted by atomic mass is 79.9. The van der Waals surface area contributed by atoms with Crippen molar-refractivity contribution in [1.82, 2.24) is 25.0 Å². The van der Waals surface area contributed by atoms with Crippen molar-refractivity contribution in [2.75, 3.05) is 6.61 Å². The summed E-state index contributed by atoms with van der Waals surface area (Å²) >= 11 is 11.8. The van der Waals surface area contributed by atoms with Crippen molar-refractivity contribution in [2.24, 2.45) is 0 Å². The minimum absolute atomic E-state index is 0.352. The first-order valence-electron chi connectivity index (χ1n) is 8.39. The van der Waals surface area contributed by atoms with Gasteiger partial charge in [-0.2, -0.15) is 0 Å². The summed E-state index contributed by atoms with van der Waals surface area (Å²) in [6.07, 6.45) is 1.64. The molecule has 0 saturated carbocycles. The minimum atomic E-state index is -1.19. The van der Waals surface area contributed by atoms with Crippen LogP contribution in [0.4, 0.5) is 0 Å². The van der Waals surface area contributed by atoms with Crippen molar-refractivity contribution in [2.45, 2.75) is 34.7 Å². The minimum Gasteiger partial charge on any atom is -0.394 e. The smallest absolute Gasteiger partial charge is 0.147 e. The van der Waals surface area contributed by atoms with Crippen LogP contribution < -0.4 is 0 Å². The number of aliphatic hydroxyl groups excluding tert-OH is 3. The van der Waals surface area contributed by atoms with Gasteiger partial charge in [0.15, 0.2) is 0 Å². The van der Waals surface area contributed by atoms with Gasteiger partial charge < -0.3 is 20.1 Å². The van der Waals surface area contributed by atoms with Crippen LogP contribution in [-0.2, 0) is 4.74 Å². The SMILES string of the molecule is OCC1O[C@H](Sc2cncc(Br)c2)C(O)[C@@H](n2cc(-c3nc(Cl)cs3)nn2)[C@H]1O. The number of halogens is 2. The van der Waals surface area contributed by atoms with Crippen molar-refractivity contribution in [1.29, 1.82) is 0 Å². The quantitative estimate of drug-likeness (QED) is 0.463. The van der Waals surface area contributed by atoms with Crippen molar-refractivity contribution in [3.05, 3.63) is 39.7 Å². The van der Waals surface area contributed by atoms with Gasteiger partial charge in [-0.15, -0.1) is 16.4 Å². The fourth-order valence-corrected chi connectivity index (χ4v) is 5.46. The second-order valence-electron chi connectivity index (χ2n) is 6.21. The van der Waals surface area contributed by atoms with E-state index in [0.29, 0.717) is 15.9 Å². The fraction of sp³-hybridized carbons (Fsp3) is 0.375. The Kier molecular flexibility index (Phi) is 6.51. The van der Waals surface area contributed by atoms with Crippen molar-refractivity contribution < 1.29 is 20.1 Å². The number of pyridine rings is 1. The van der Waals surface area contributed by atoms with Gasteiger partial charge in [0.05, 0.1) is 12.8 Å². The van der Waals surface area contributed by atoms with E-state index in [1.807, 2.05) is 6.07 Å². The first-order chi connectivity index (χ1) is 14.0. The van der Waals surface area contributed by atoms with Crippen LogP contribution in [0.2, 0.25) is 5.15 Å². The zero-order valence-corrected chi connectivity index (χ0v) is 18.5. The summed E-state index contributed by atoms with van der Waals surface area (Å²) < 4.78 is 7.89. The number of rotatable bonds is 5. The molecule has 1 saturated heterocycles. The maximum atomic E-state index is 10.9. The Morgan fingerprint density at radius 2 is 2.14 bits per heavy atom. The van der Waals surface area contributed by atoms with E-state index in [9.17, 15) is 15.3 Å². The number of aromatic nitrogens is 5. The van der Waals surface area contributed by atoms with Gasteiger partial charge in [-0.25, -0.2) is 9.67 Å². The van der Waals surface area contributed by atoms with Gasteiger partial charge in [-0.1, -0.05) is 28.6 Å². The summed E-state index contributed by atoms with van der Waals surface area (Å²) in [6, 6.07) is 0.955. The number of hydrogen-bond acceptors (Lipinski definition) is 10. The third kappa shape index (κ3) is 4.49. The fourth-order valence-electron chi connectivity index (χ4n) is 2.96. The molecule has 0 aliphatic carbocycles. The molecule has 1 aliphatic rings.